The first-order valence-corrected chi connectivity index (χ1v) is 9.95. The minimum absolute atomic E-state index is 0.0354. The van der Waals surface area contributed by atoms with Gasteiger partial charge in [0.25, 0.3) is 0 Å². The van der Waals surface area contributed by atoms with Crippen molar-refractivity contribution in [1.82, 2.24) is 10.6 Å². The Morgan fingerprint density at radius 2 is 2.17 bits per heavy atom. The first kappa shape index (κ1) is 23.2. The van der Waals surface area contributed by atoms with Crippen molar-refractivity contribution in [2.75, 3.05) is 46.6 Å². The second-order valence-electron chi connectivity index (χ2n) is 6.51. The molecule has 7 nitrogen and oxygen atoms in total. The molecule has 1 atom stereocenters. The molecule has 2 N–H and O–H groups in total. The van der Waals surface area contributed by atoms with Gasteiger partial charge in [0.1, 0.15) is 0 Å². The molecule has 2 rings (SSSR count). The lowest BCUT2D eigenvalue weighted by atomic mass is 10.1. The van der Waals surface area contributed by atoms with Gasteiger partial charge in [0.2, 0.25) is 0 Å². The average molecular weight is 415 g/mol. The Kier molecular flexibility index (Phi) is 10.5. The normalized spacial score (nSPS) is 16.9. The van der Waals surface area contributed by atoms with Crippen LogP contribution in [-0.2, 0) is 15.9 Å². The van der Waals surface area contributed by atoms with E-state index in [1.54, 1.807) is 12.1 Å². The molecule has 1 heterocycles. The Morgan fingerprint density at radius 1 is 1.31 bits per heavy atom. The molecular weight excluding hydrogens is 384 g/mol. The molecule has 1 aliphatic heterocycles. The molecule has 0 bridgehead atoms. The number of guanidine groups is 1. The van der Waals surface area contributed by atoms with Crippen molar-refractivity contribution in [2.45, 2.75) is 38.9 Å². The van der Waals surface area contributed by atoms with Crippen molar-refractivity contribution in [3.63, 3.8) is 0 Å². The van der Waals surface area contributed by atoms with Crippen molar-refractivity contribution >= 4 is 5.96 Å². The largest absolute Gasteiger partial charge is 0.493 e. The lowest BCUT2D eigenvalue weighted by Crippen LogP contribution is -2.38. The van der Waals surface area contributed by atoms with Crippen molar-refractivity contribution in [3.05, 3.63) is 23.8 Å². The fraction of sp³-hybridized carbons (Fsp3) is 0.650. The monoisotopic (exact) mass is 415 g/mol. The van der Waals surface area contributed by atoms with Crippen molar-refractivity contribution < 1.29 is 27.7 Å². The lowest BCUT2D eigenvalue weighted by Gasteiger charge is -2.13. The van der Waals surface area contributed by atoms with Crippen LogP contribution in [0.4, 0.5) is 8.78 Å². The predicted molar refractivity (Wildman–Crippen MR) is 107 cm³/mol. The molecule has 0 aromatic heterocycles. The van der Waals surface area contributed by atoms with Crippen LogP contribution in [-0.4, -0.2) is 65.2 Å². The number of nitrogens with one attached hydrogen (secondary N) is 2. The van der Waals surface area contributed by atoms with Gasteiger partial charge in [-0.15, -0.1) is 0 Å². The Hall–Kier alpha value is -2.13. The van der Waals surface area contributed by atoms with Crippen LogP contribution in [0.25, 0.3) is 0 Å². The highest BCUT2D eigenvalue weighted by molar-refractivity contribution is 5.79. The van der Waals surface area contributed by atoms with E-state index in [1.807, 2.05) is 13.0 Å². The fourth-order valence-electron chi connectivity index (χ4n) is 2.88. The van der Waals surface area contributed by atoms with Crippen molar-refractivity contribution in [2.24, 2.45) is 4.99 Å². The third kappa shape index (κ3) is 8.82. The molecule has 0 saturated carbocycles. The predicted octanol–water partition coefficient (Wildman–Crippen LogP) is 2.59. The van der Waals surface area contributed by atoms with E-state index in [4.69, 9.17) is 14.2 Å². The van der Waals surface area contributed by atoms with Crippen LogP contribution in [0, 0.1) is 0 Å². The first-order valence-electron chi connectivity index (χ1n) is 9.95. The maximum atomic E-state index is 12.5. The van der Waals surface area contributed by atoms with Crippen LogP contribution >= 0.6 is 0 Å². The van der Waals surface area contributed by atoms with Gasteiger partial charge in [-0.3, -0.25) is 4.99 Å². The van der Waals surface area contributed by atoms with Crippen LogP contribution in [0.3, 0.4) is 0 Å². The summed E-state index contributed by atoms with van der Waals surface area (Å²) in [6, 6.07) is 5.02. The summed E-state index contributed by atoms with van der Waals surface area (Å²) in [5.74, 6) is 1.03. The van der Waals surface area contributed by atoms with E-state index < -0.39 is 6.61 Å². The Labute approximate surface area is 170 Å². The quantitative estimate of drug-likeness (QED) is 0.311. The highest BCUT2D eigenvalue weighted by Crippen LogP contribution is 2.29. The average Bonchev–Trinajstić information content (AvgIpc) is 3.21. The van der Waals surface area contributed by atoms with Crippen molar-refractivity contribution in [1.29, 1.82) is 0 Å². The molecule has 0 radical (unpaired) electrons. The third-order valence-corrected chi connectivity index (χ3v) is 4.31. The van der Waals surface area contributed by atoms with Gasteiger partial charge >= 0.3 is 6.61 Å². The number of hydrogen-bond donors (Lipinski definition) is 2. The smallest absolute Gasteiger partial charge is 0.387 e. The van der Waals surface area contributed by atoms with E-state index in [-0.39, 0.29) is 17.6 Å². The summed E-state index contributed by atoms with van der Waals surface area (Å²) in [5, 5.41) is 6.44. The molecular formula is C20H31F2N3O4. The standard InChI is InChI=1S/C20H31F2N3O4/c1-3-23-20(24-9-4-11-28-16-8-12-27-14-16)25-10-7-15-5-6-17(26-2)18(13-15)29-19(21)22/h5-6,13,16,19H,3-4,7-12,14H2,1-2H3,(H2,23,24,25). The van der Waals surface area contributed by atoms with Gasteiger partial charge < -0.3 is 29.6 Å². The van der Waals surface area contributed by atoms with Gasteiger partial charge in [0.05, 0.1) is 19.8 Å². The van der Waals surface area contributed by atoms with Gasteiger partial charge in [-0.25, -0.2) is 0 Å². The van der Waals surface area contributed by atoms with E-state index in [2.05, 4.69) is 20.4 Å². The molecule has 1 unspecified atom stereocenters. The maximum Gasteiger partial charge on any atom is 0.387 e. The lowest BCUT2D eigenvalue weighted by molar-refractivity contribution is -0.0512. The summed E-state index contributed by atoms with van der Waals surface area (Å²) in [6.45, 7) is 3.23. The number of methoxy groups -OCH3 is 1. The second-order valence-corrected chi connectivity index (χ2v) is 6.51. The molecule has 0 amide bonds. The summed E-state index contributed by atoms with van der Waals surface area (Å²) < 4.78 is 45.7. The first-order chi connectivity index (χ1) is 14.1. The molecule has 1 saturated heterocycles. The summed E-state index contributed by atoms with van der Waals surface area (Å²) in [4.78, 5) is 4.53. The van der Waals surface area contributed by atoms with Crippen molar-refractivity contribution in [3.8, 4) is 11.5 Å². The van der Waals surface area contributed by atoms with Gasteiger partial charge in [-0.2, -0.15) is 8.78 Å². The van der Waals surface area contributed by atoms with E-state index in [1.165, 1.54) is 7.11 Å². The zero-order valence-electron chi connectivity index (χ0n) is 17.1. The summed E-state index contributed by atoms with van der Waals surface area (Å²) in [7, 11) is 1.42. The second kappa shape index (κ2) is 13.2. The molecule has 0 aliphatic carbocycles. The fourth-order valence-corrected chi connectivity index (χ4v) is 2.88. The number of benzene rings is 1. The van der Waals surface area contributed by atoms with Gasteiger partial charge in [0, 0.05) is 32.8 Å². The number of rotatable bonds is 12. The number of alkyl halides is 2. The number of nitrogens with zero attached hydrogens (tertiary/aromatic N) is 1. The highest BCUT2D eigenvalue weighted by atomic mass is 19.3. The summed E-state index contributed by atoms with van der Waals surface area (Å²) in [5.41, 5.74) is 0.858. The number of aliphatic imine (C=N–C) groups is 1. The van der Waals surface area contributed by atoms with Crippen LogP contribution in [0.5, 0.6) is 11.5 Å². The van der Waals surface area contributed by atoms with Gasteiger partial charge in [-0.05, 0) is 43.9 Å². The van der Waals surface area contributed by atoms with Crippen LogP contribution < -0.4 is 20.1 Å². The van der Waals surface area contributed by atoms with E-state index in [9.17, 15) is 8.78 Å². The van der Waals surface area contributed by atoms with Gasteiger partial charge in [-0.1, -0.05) is 6.07 Å². The number of halogens is 2. The highest BCUT2D eigenvalue weighted by Gasteiger charge is 2.15. The minimum Gasteiger partial charge on any atom is -0.493 e. The molecule has 0 spiro atoms. The van der Waals surface area contributed by atoms with Crippen LogP contribution in [0.15, 0.2) is 23.2 Å². The minimum atomic E-state index is -2.89. The topological polar surface area (TPSA) is 73.3 Å². The summed E-state index contributed by atoms with van der Waals surface area (Å²) >= 11 is 0. The number of hydrogen-bond acceptors (Lipinski definition) is 5. The molecule has 164 valence electrons. The molecule has 9 heteroatoms. The third-order valence-electron chi connectivity index (χ3n) is 4.31. The van der Waals surface area contributed by atoms with Crippen LogP contribution in [0.1, 0.15) is 25.3 Å². The Bertz CT molecular complexity index is 626. The zero-order chi connectivity index (χ0) is 20.9. The van der Waals surface area contributed by atoms with Gasteiger partial charge in [0.15, 0.2) is 17.5 Å². The molecule has 29 heavy (non-hydrogen) atoms. The molecule has 1 aromatic rings. The Balaban J connectivity index is 1.75. The maximum absolute atomic E-state index is 12.5. The Morgan fingerprint density at radius 3 is 2.86 bits per heavy atom. The van der Waals surface area contributed by atoms with Crippen LogP contribution in [0.2, 0.25) is 0 Å². The number of ether oxygens (including phenoxy) is 4. The zero-order valence-corrected chi connectivity index (χ0v) is 17.1. The van der Waals surface area contributed by atoms with E-state index >= 15 is 0 Å². The molecule has 1 aliphatic rings. The molecule has 1 fully saturated rings. The molecule has 1 aromatic carbocycles. The van der Waals surface area contributed by atoms with E-state index in [0.717, 1.165) is 31.6 Å². The van der Waals surface area contributed by atoms with E-state index in [0.29, 0.717) is 38.7 Å². The summed E-state index contributed by atoms with van der Waals surface area (Å²) in [6.07, 6.45) is 2.63. The SMILES string of the molecule is CCNC(=NCCCOC1CCOC1)NCCc1ccc(OC)c(OC(F)F)c1.